The van der Waals surface area contributed by atoms with Crippen LogP contribution in [0, 0.1) is 5.82 Å². The highest BCUT2D eigenvalue weighted by atomic mass is 32.2. The first-order valence-electron chi connectivity index (χ1n) is 7.74. The van der Waals surface area contributed by atoms with Crippen molar-refractivity contribution in [1.29, 1.82) is 0 Å². The van der Waals surface area contributed by atoms with E-state index in [1.165, 1.54) is 55.5 Å². The Morgan fingerprint density at radius 3 is 2.37 bits per heavy atom. The third kappa shape index (κ3) is 6.01. The number of anilines is 1. The molecule has 0 spiro atoms. The molecule has 0 unspecified atom stereocenters. The van der Waals surface area contributed by atoms with E-state index < -0.39 is 33.8 Å². The molecule has 2 rings (SSSR count). The largest absolute Gasteiger partial charge is 0.449 e. The highest BCUT2D eigenvalue weighted by molar-refractivity contribution is 7.89. The standard InChI is InChI=1S/C18H17FN2O5S/c1-12(26-17(22)11-6-13-4-2-3-5-16(13)19)18(23)21-14-7-9-15(10-8-14)27(20,24)25/h2-12H,1H3,(H,21,23)(H2,20,24,25)/b11-6+/t12-/m0/s1. The molecule has 0 aliphatic rings. The summed E-state index contributed by atoms with van der Waals surface area (Å²) >= 11 is 0. The summed E-state index contributed by atoms with van der Waals surface area (Å²) in [5.74, 6) is -1.92. The summed E-state index contributed by atoms with van der Waals surface area (Å²) in [4.78, 5) is 23.7. The number of halogens is 1. The van der Waals surface area contributed by atoms with Crippen LogP contribution in [0.25, 0.3) is 6.08 Å². The van der Waals surface area contributed by atoms with Crippen LogP contribution in [0.2, 0.25) is 0 Å². The number of benzene rings is 2. The summed E-state index contributed by atoms with van der Waals surface area (Å²) < 4.78 is 40.8. The smallest absolute Gasteiger partial charge is 0.331 e. The summed E-state index contributed by atoms with van der Waals surface area (Å²) in [5, 5.41) is 7.46. The van der Waals surface area contributed by atoms with E-state index in [-0.39, 0.29) is 10.5 Å². The first-order valence-corrected chi connectivity index (χ1v) is 9.28. The fourth-order valence-corrected chi connectivity index (χ4v) is 2.52. The van der Waals surface area contributed by atoms with Gasteiger partial charge in [-0.15, -0.1) is 0 Å². The van der Waals surface area contributed by atoms with Gasteiger partial charge >= 0.3 is 5.97 Å². The zero-order valence-corrected chi connectivity index (χ0v) is 15.1. The summed E-state index contributed by atoms with van der Waals surface area (Å²) in [6.45, 7) is 1.36. The average molecular weight is 392 g/mol. The number of nitrogens with two attached hydrogens (primary N) is 1. The average Bonchev–Trinajstić information content (AvgIpc) is 2.60. The van der Waals surface area contributed by atoms with Crippen molar-refractivity contribution in [3.05, 3.63) is 66.0 Å². The van der Waals surface area contributed by atoms with E-state index in [1.807, 2.05) is 0 Å². The highest BCUT2D eigenvalue weighted by Gasteiger charge is 2.17. The number of primary sulfonamides is 1. The molecule has 27 heavy (non-hydrogen) atoms. The van der Waals surface area contributed by atoms with Crippen LogP contribution in [0.4, 0.5) is 10.1 Å². The summed E-state index contributed by atoms with van der Waals surface area (Å²) in [5.41, 5.74) is 0.513. The Hall–Kier alpha value is -3.04. The second-order valence-electron chi connectivity index (χ2n) is 5.49. The number of carbonyl (C=O) groups excluding carboxylic acids is 2. The van der Waals surface area contributed by atoms with Crippen LogP contribution in [-0.2, 0) is 24.3 Å². The first kappa shape index (κ1) is 20.3. The van der Waals surface area contributed by atoms with Crippen LogP contribution in [0.15, 0.2) is 59.5 Å². The topological polar surface area (TPSA) is 116 Å². The summed E-state index contributed by atoms with van der Waals surface area (Å²) in [7, 11) is -3.83. The van der Waals surface area contributed by atoms with Crippen molar-refractivity contribution in [3.63, 3.8) is 0 Å². The molecular formula is C18H17FN2O5S. The molecule has 7 nitrogen and oxygen atoms in total. The predicted molar refractivity (Wildman–Crippen MR) is 97.4 cm³/mol. The zero-order chi connectivity index (χ0) is 20.0. The molecule has 0 radical (unpaired) electrons. The monoisotopic (exact) mass is 392 g/mol. The van der Waals surface area contributed by atoms with Gasteiger partial charge in [0.25, 0.3) is 5.91 Å². The third-order valence-corrected chi connectivity index (χ3v) is 4.35. The molecule has 3 N–H and O–H groups in total. The molecule has 0 saturated heterocycles. The lowest BCUT2D eigenvalue weighted by Crippen LogP contribution is -2.29. The van der Waals surface area contributed by atoms with Gasteiger partial charge in [0.15, 0.2) is 6.10 Å². The number of hydrogen-bond acceptors (Lipinski definition) is 5. The Labute approximate surface area is 155 Å². The van der Waals surface area contributed by atoms with Gasteiger partial charge in [-0.25, -0.2) is 22.7 Å². The number of amides is 1. The number of hydrogen-bond donors (Lipinski definition) is 2. The number of nitrogens with one attached hydrogen (secondary N) is 1. The summed E-state index contributed by atoms with van der Waals surface area (Å²) in [6.07, 6.45) is 1.14. The molecule has 9 heteroatoms. The van der Waals surface area contributed by atoms with E-state index in [2.05, 4.69) is 5.32 Å². The highest BCUT2D eigenvalue weighted by Crippen LogP contribution is 2.13. The summed E-state index contributed by atoms with van der Waals surface area (Å²) in [6, 6.07) is 11.0. The van der Waals surface area contributed by atoms with Gasteiger partial charge in [-0.05, 0) is 43.3 Å². The van der Waals surface area contributed by atoms with Gasteiger partial charge in [0.2, 0.25) is 10.0 Å². The Balaban J connectivity index is 1.93. The molecule has 2 aromatic carbocycles. The second kappa shape index (κ2) is 8.56. The normalized spacial score (nSPS) is 12.6. The molecule has 0 saturated carbocycles. The first-order chi connectivity index (χ1) is 12.7. The van der Waals surface area contributed by atoms with E-state index in [1.54, 1.807) is 6.07 Å². The van der Waals surface area contributed by atoms with Crippen molar-refractivity contribution in [2.24, 2.45) is 5.14 Å². The van der Waals surface area contributed by atoms with Crippen LogP contribution in [-0.4, -0.2) is 26.4 Å². The molecule has 0 aliphatic carbocycles. The quantitative estimate of drug-likeness (QED) is 0.577. The van der Waals surface area contributed by atoms with Crippen LogP contribution in [0.5, 0.6) is 0 Å². The predicted octanol–water partition coefficient (Wildman–Crippen LogP) is 2.06. The molecule has 2 aromatic rings. The Bertz CT molecular complexity index is 972. The zero-order valence-electron chi connectivity index (χ0n) is 14.3. The number of esters is 1. The van der Waals surface area contributed by atoms with Crippen LogP contribution in [0.1, 0.15) is 12.5 Å². The van der Waals surface area contributed by atoms with Crippen molar-refractivity contribution >= 4 is 33.7 Å². The van der Waals surface area contributed by atoms with Gasteiger partial charge in [-0.3, -0.25) is 4.79 Å². The fraction of sp³-hybridized carbons (Fsp3) is 0.111. The number of ether oxygens (including phenoxy) is 1. The lowest BCUT2D eigenvalue weighted by atomic mass is 10.2. The molecule has 0 fully saturated rings. The lowest BCUT2D eigenvalue weighted by Gasteiger charge is -2.12. The van der Waals surface area contributed by atoms with Crippen LogP contribution < -0.4 is 10.5 Å². The number of rotatable bonds is 6. The number of carbonyl (C=O) groups is 2. The Morgan fingerprint density at radius 2 is 1.78 bits per heavy atom. The van der Waals surface area contributed by atoms with Gasteiger partial charge in [0.1, 0.15) is 5.82 Å². The minimum atomic E-state index is -3.83. The molecule has 0 bridgehead atoms. The van der Waals surface area contributed by atoms with Crippen LogP contribution >= 0.6 is 0 Å². The van der Waals surface area contributed by atoms with Crippen LogP contribution in [0.3, 0.4) is 0 Å². The van der Waals surface area contributed by atoms with Gasteiger partial charge in [-0.2, -0.15) is 0 Å². The van der Waals surface area contributed by atoms with E-state index in [0.717, 1.165) is 6.08 Å². The van der Waals surface area contributed by atoms with E-state index in [0.29, 0.717) is 5.69 Å². The van der Waals surface area contributed by atoms with E-state index >= 15 is 0 Å². The van der Waals surface area contributed by atoms with Gasteiger partial charge in [-0.1, -0.05) is 18.2 Å². The molecule has 142 valence electrons. The second-order valence-corrected chi connectivity index (χ2v) is 7.05. The minimum absolute atomic E-state index is 0.0988. The van der Waals surface area contributed by atoms with Crippen molar-refractivity contribution in [2.75, 3.05) is 5.32 Å². The molecule has 1 atom stereocenters. The van der Waals surface area contributed by atoms with Gasteiger partial charge in [0.05, 0.1) is 4.90 Å². The van der Waals surface area contributed by atoms with E-state index in [9.17, 15) is 22.4 Å². The molecule has 0 heterocycles. The fourth-order valence-electron chi connectivity index (χ4n) is 2.01. The SMILES string of the molecule is C[C@H](OC(=O)/C=C/c1ccccc1F)C(=O)Nc1ccc(S(N)(=O)=O)cc1. The third-order valence-electron chi connectivity index (χ3n) is 3.42. The minimum Gasteiger partial charge on any atom is -0.449 e. The molecule has 1 amide bonds. The van der Waals surface area contributed by atoms with Crippen molar-refractivity contribution < 1.29 is 27.1 Å². The maximum atomic E-state index is 13.5. The van der Waals surface area contributed by atoms with Gasteiger partial charge in [0, 0.05) is 17.3 Å². The maximum Gasteiger partial charge on any atom is 0.331 e. The molecular weight excluding hydrogens is 375 g/mol. The Morgan fingerprint density at radius 1 is 1.15 bits per heavy atom. The van der Waals surface area contributed by atoms with Crippen molar-refractivity contribution in [3.8, 4) is 0 Å². The van der Waals surface area contributed by atoms with Crippen molar-refractivity contribution in [1.82, 2.24) is 0 Å². The van der Waals surface area contributed by atoms with Gasteiger partial charge < -0.3 is 10.1 Å². The number of sulfonamides is 1. The maximum absolute atomic E-state index is 13.5. The van der Waals surface area contributed by atoms with Crippen molar-refractivity contribution in [2.45, 2.75) is 17.9 Å². The van der Waals surface area contributed by atoms with E-state index in [4.69, 9.17) is 9.88 Å². The Kier molecular flexibility index (Phi) is 6.43. The molecule has 0 aromatic heterocycles. The molecule has 0 aliphatic heterocycles. The lowest BCUT2D eigenvalue weighted by molar-refractivity contribution is -0.148.